The first-order valence-corrected chi connectivity index (χ1v) is 12.4. The van der Waals surface area contributed by atoms with Gasteiger partial charge in [0.2, 0.25) is 0 Å². The maximum atomic E-state index is 13.8. The number of ether oxygens (including phenoxy) is 1. The number of rotatable bonds is 8. The number of alkyl halides is 3. The number of thioether (sulfide) groups is 2. The lowest BCUT2D eigenvalue weighted by atomic mass is 10.2. The number of nitrogens with zero attached hydrogens (tertiary/aromatic N) is 2. The van der Waals surface area contributed by atoms with Gasteiger partial charge in [-0.3, -0.25) is 0 Å². The summed E-state index contributed by atoms with van der Waals surface area (Å²) in [7, 11) is 0. The lowest BCUT2D eigenvalue weighted by Crippen LogP contribution is -2.05. The predicted molar refractivity (Wildman–Crippen MR) is 129 cm³/mol. The lowest BCUT2D eigenvalue weighted by Gasteiger charge is -2.12. The fourth-order valence-electron chi connectivity index (χ4n) is 3.52. The summed E-state index contributed by atoms with van der Waals surface area (Å²) in [6, 6.07) is 17.5. The van der Waals surface area contributed by atoms with Gasteiger partial charge in [0.15, 0.2) is 5.16 Å². The molecule has 0 fully saturated rings. The van der Waals surface area contributed by atoms with E-state index in [-0.39, 0.29) is 34.8 Å². The largest absolute Gasteiger partial charge is 0.462 e. The van der Waals surface area contributed by atoms with E-state index < -0.39 is 11.5 Å². The molecule has 35 heavy (non-hydrogen) atoms. The molecule has 0 bridgehead atoms. The van der Waals surface area contributed by atoms with Crippen molar-refractivity contribution in [3.63, 3.8) is 0 Å². The normalized spacial score (nSPS) is 11.7. The highest BCUT2D eigenvalue weighted by Gasteiger charge is 2.30. The third-order valence-corrected chi connectivity index (χ3v) is 6.88. The zero-order chi connectivity index (χ0) is 25.0. The highest BCUT2D eigenvalue weighted by molar-refractivity contribution is 8.00. The van der Waals surface area contributed by atoms with Gasteiger partial charge in [0.05, 0.1) is 29.7 Å². The van der Waals surface area contributed by atoms with Gasteiger partial charge < -0.3 is 9.30 Å². The molecule has 4 rings (SSSR count). The highest BCUT2D eigenvalue weighted by Crippen LogP contribution is 2.40. The number of imidazole rings is 1. The molecule has 0 saturated heterocycles. The van der Waals surface area contributed by atoms with E-state index in [0.29, 0.717) is 39.4 Å². The van der Waals surface area contributed by atoms with Gasteiger partial charge >= 0.3 is 11.5 Å². The Morgan fingerprint density at radius 2 is 1.86 bits per heavy atom. The molecular formula is C25H20F4N2O2S2. The first-order valence-electron chi connectivity index (χ1n) is 10.6. The van der Waals surface area contributed by atoms with Crippen LogP contribution in [0.5, 0.6) is 0 Å². The van der Waals surface area contributed by atoms with Crippen LogP contribution in [0.15, 0.2) is 76.8 Å². The van der Waals surface area contributed by atoms with E-state index in [0.717, 1.165) is 0 Å². The van der Waals surface area contributed by atoms with Crippen LogP contribution in [0.25, 0.3) is 11.0 Å². The summed E-state index contributed by atoms with van der Waals surface area (Å²) in [5.41, 5.74) is -1.58. The van der Waals surface area contributed by atoms with E-state index in [9.17, 15) is 22.4 Å². The molecule has 10 heteroatoms. The molecule has 1 heterocycles. The van der Waals surface area contributed by atoms with Crippen molar-refractivity contribution >= 4 is 40.5 Å². The average Bonchev–Trinajstić information content (AvgIpc) is 3.14. The van der Waals surface area contributed by atoms with Crippen molar-refractivity contribution < 1.29 is 27.1 Å². The number of hydrogen-bond donors (Lipinski definition) is 0. The van der Waals surface area contributed by atoms with Gasteiger partial charge in [-0.1, -0.05) is 42.1 Å². The van der Waals surface area contributed by atoms with Gasteiger partial charge in [0.1, 0.15) is 5.82 Å². The van der Waals surface area contributed by atoms with E-state index in [1.807, 2.05) is 4.57 Å². The van der Waals surface area contributed by atoms with Crippen molar-refractivity contribution in [2.45, 2.75) is 34.8 Å². The SMILES string of the molecule is CCOC(=O)c1ccc2c(c1)nc(SCc1ccccc1SC(F)(F)F)n2Cc1cccc(F)c1. The summed E-state index contributed by atoms with van der Waals surface area (Å²) >= 11 is 1.13. The minimum atomic E-state index is -4.39. The van der Waals surface area contributed by atoms with Gasteiger partial charge in [0, 0.05) is 10.6 Å². The topological polar surface area (TPSA) is 44.1 Å². The zero-order valence-corrected chi connectivity index (χ0v) is 20.1. The molecule has 4 nitrogen and oxygen atoms in total. The number of carbonyl (C=O) groups excluding carboxylic acids is 1. The van der Waals surface area contributed by atoms with E-state index in [2.05, 4.69) is 4.98 Å². The van der Waals surface area contributed by atoms with E-state index in [1.165, 1.54) is 30.0 Å². The van der Waals surface area contributed by atoms with Gasteiger partial charge in [-0.05, 0) is 66.2 Å². The number of benzene rings is 3. The smallest absolute Gasteiger partial charge is 0.446 e. The van der Waals surface area contributed by atoms with Crippen LogP contribution in [-0.4, -0.2) is 27.6 Å². The van der Waals surface area contributed by atoms with Crippen LogP contribution in [-0.2, 0) is 17.0 Å². The molecule has 4 aromatic rings. The quantitative estimate of drug-likeness (QED) is 0.139. The van der Waals surface area contributed by atoms with Gasteiger partial charge in [-0.15, -0.1) is 0 Å². The fourth-order valence-corrected chi connectivity index (χ4v) is 5.30. The predicted octanol–water partition coefficient (Wildman–Crippen LogP) is 7.30. The number of fused-ring (bicyclic) bond motifs is 1. The van der Waals surface area contributed by atoms with Crippen LogP contribution in [0.1, 0.15) is 28.4 Å². The second-order valence-corrected chi connectivity index (χ2v) is 9.53. The van der Waals surface area contributed by atoms with E-state index >= 15 is 0 Å². The number of halogens is 4. The molecule has 0 atom stereocenters. The standard InChI is InChI=1S/C25H20F4N2O2S2/c1-2-33-23(32)17-10-11-21-20(13-17)30-24(31(21)14-16-6-5-8-19(26)12-16)34-15-18-7-3-4-9-22(18)35-25(27,28)29/h3-13H,2,14-15H2,1H3. The molecule has 0 radical (unpaired) electrons. The Balaban J connectivity index is 1.69. The Hall–Kier alpha value is -2.98. The number of aromatic nitrogens is 2. The molecule has 0 aliphatic rings. The van der Waals surface area contributed by atoms with Gasteiger partial charge in [-0.2, -0.15) is 13.2 Å². The molecular weight excluding hydrogens is 500 g/mol. The van der Waals surface area contributed by atoms with Crippen LogP contribution in [0.2, 0.25) is 0 Å². The monoisotopic (exact) mass is 520 g/mol. The Kier molecular flexibility index (Phi) is 7.71. The van der Waals surface area contributed by atoms with E-state index in [4.69, 9.17) is 4.74 Å². The Morgan fingerprint density at radius 1 is 1.06 bits per heavy atom. The van der Waals surface area contributed by atoms with Crippen molar-refractivity contribution in [3.05, 3.63) is 89.2 Å². The number of carbonyl (C=O) groups is 1. The Bertz CT molecular complexity index is 1360. The molecule has 0 spiro atoms. The molecule has 0 aliphatic heterocycles. The number of hydrogen-bond acceptors (Lipinski definition) is 5. The van der Waals surface area contributed by atoms with Crippen molar-refractivity contribution in [1.29, 1.82) is 0 Å². The molecule has 0 saturated carbocycles. The Morgan fingerprint density at radius 3 is 2.60 bits per heavy atom. The molecule has 1 aromatic heterocycles. The average molecular weight is 521 g/mol. The van der Waals surface area contributed by atoms with Crippen LogP contribution < -0.4 is 0 Å². The van der Waals surface area contributed by atoms with Crippen molar-refractivity contribution in [2.24, 2.45) is 0 Å². The third kappa shape index (κ3) is 6.37. The summed E-state index contributed by atoms with van der Waals surface area (Å²) in [5.74, 6) is -0.596. The summed E-state index contributed by atoms with van der Waals surface area (Å²) in [4.78, 5) is 17.0. The summed E-state index contributed by atoms with van der Waals surface area (Å²) in [5, 5.41) is 0.539. The second kappa shape index (κ2) is 10.7. The molecule has 0 amide bonds. The first-order chi connectivity index (χ1) is 16.7. The van der Waals surface area contributed by atoms with Crippen LogP contribution in [0.4, 0.5) is 17.6 Å². The van der Waals surface area contributed by atoms with Crippen LogP contribution in [0.3, 0.4) is 0 Å². The summed E-state index contributed by atoms with van der Waals surface area (Å²) < 4.78 is 59.7. The van der Waals surface area contributed by atoms with Crippen molar-refractivity contribution in [2.75, 3.05) is 6.61 Å². The molecule has 0 unspecified atom stereocenters. The molecule has 0 N–H and O–H groups in total. The van der Waals surface area contributed by atoms with Gasteiger partial charge in [0.25, 0.3) is 0 Å². The van der Waals surface area contributed by atoms with Crippen molar-refractivity contribution in [1.82, 2.24) is 9.55 Å². The van der Waals surface area contributed by atoms with Crippen molar-refractivity contribution in [3.8, 4) is 0 Å². The van der Waals surface area contributed by atoms with Crippen LogP contribution >= 0.6 is 23.5 Å². The Labute approximate surface area is 207 Å². The summed E-state index contributed by atoms with van der Waals surface area (Å²) in [6.07, 6.45) is 0. The van der Waals surface area contributed by atoms with E-state index in [1.54, 1.807) is 55.5 Å². The molecule has 0 aliphatic carbocycles. The fraction of sp³-hybridized carbons (Fsp3) is 0.200. The van der Waals surface area contributed by atoms with Gasteiger partial charge in [-0.25, -0.2) is 14.2 Å². The maximum Gasteiger partial charge on any atom is 0.446 e. The minimum absolute atomic E-state index is 0.130. The first kappa shape index (κ1) is 25.1. The lowest BCUT2D eigenvalue weighted by molar-refractivity contribution is -0.0328. The minimum Gasteiger partial charge on any atom is -0.462 e. The highest BCUT2D eigenvalue weighted by atomic mass is 32.2. The summed E-state index contributed by atoms with van der Waals surface area (Å²) in [6.45, 7) is 2.25. The zero-order valence-electron chi connectivity index (χ0n) is 18.5. The molecule has 3 aromatic carbocycles. The second-order valence-electron chi connectivity index (χ2n) is 7.48. The van der Waals surface area contributed by atoms with Crippen LogP contribution in [0, 0.1) is 5.82 Å². The maximum absolute atomic E-state index is 13.8. The molecule has 182 valence electrons. The third-order valence-electron chi connectivity index (χ3n) is 5.01. The number of esters is 1.